The number of rotatable bonds is 6. The molecule has 4 rings (SSSR count). The Morgan fingerprint density at radius 1 is 1.03 bits per heavy atom. The van der Waals surface area contributed by atoms with Crippen LogP contribution in [0, 0.1) is 5.92 Å². The lowest BCUT2D eigenvalue weighted by Gasteiger charge is -2.45. The summed E-state index contributed by atoms with van der Waals surface area (Å²) in [6.45, 7) is 2.62. The van der Waals surface area contributed by atoms with Crippen LogP contribution in [0.25, 0.3) is 0 Å². The van der Waals surface area contributed by atoms with Crippen molar-refractivity contribution in [2.75, 3.05) is 34.5 Å². The third-order valence-corrected chi connectivity index (χ3v) is 7.33. The molecule has 33 heavy (non-hydrogen) atoms. The molecule has 1 N–H and O–H groups in total. The van der Waals surface area contributed by atoms with Gasteiger partial charge >= 0.3 is 0 Å². The van der Waals surface area contributed by atoms with Crippen LogP contribution in [0.15, 0.2) is 23.0 Å². The maximum atomic E-state index is 13.0. The molecule has 0 bridgehead atoms. The Bertz CT molecular complexity index is 901. The molecule has 182 valence electrons. The minimum absolute atomic E-state index is 0.00503. The third-order valence-electron chi connectivity index (χ3n) is 7.33. The van der Waals surface area contributed by atoms with Crippen molar-refractivity contribution < 1.29 is 28.5 Å². The van der Waals surface area contributed by atoms with Gasteiger partial charge in [-0.15, -0.1) is 0 Å². The van der Waals surface area contributed by atoms with Crippen LogP contribution in [0.1, 0.15) is 55.7 Å². The first-order valence-corrected chi connectivity index (χ1v) is 11.7. The van der Waals surface area contributed by atoms with Crippen LogP contribution in [-0.4, -0.2) is 64.9 Å². The minimum Gasteiger partial charge on any atom is -0.484 e. The molecule has 2 aliphatic carbocycles. The van der Waals surface area contributed by atoms with E-state index in [-0.39, 0.29) is 53.6 Å². The van der Waals surface area contributed by atoms with Crippen molar-refractivity contribution in [3.8, 4) is 5.75 Å². The average molecular weight is 462 g/mol. The Labute approximate surface area is 194 Å². The zero-order valence-corrected chi connectivity index (χ0v) is 19.9. The summed E-state index contributed by atoms with van der Waals surface area (Å²) >= 11 is 0. The first-order chi connectivity index (χ1) is 16.0. The Kier molecular flexibility index (Phi) is 7.69. The lowest BCUT2D eigenvalue weighted by molar-refractivity contribution is -0.150. The molecule has 2 fully saturated rings. The molecule has 0 spiro atoms. The van der Waals surface area contributed by atoms with Crippen molar-refractivity contribution >= 4 is 5.91 Å². The number of methoxy groups -OCH3 is 3. The number of amides is 1. The first-order valence-electron chi connectivity index (χ1n) is 11.7. The van der Waals surface area contributed by atoms with Gasteiger partial charge < -0.3 is 29.0 Å². The molecular formula is C25H35NO7. The van der Waals surface area contributed by atoms with Gasteiger partial charge in [0.25, 0.3) is 0 Å². The number of fused-ring (bicyclic) bond motifs is 3. The predicted molar refractivity (Wildman–Crippen MR) is 122 cm³/mol. The highest BCUT2D eigenvalue weighted by Gasteiger charge is 2.48. The zero-order valence-electron chi connectivity index (χ0n) is 19.9. The van der Waals surface area contributed by atoms with Gasteiger partial charge in [-0.1, -0.05) is 6.07 Å². The predicted octanol–water partition coefficient (Wildman–Crippen LogP) is 2.33. The molecule has 1 saturated carbocycles. The van der Waals surface area contributed by atoms with E-state index in [1.54, 1.807) is 27.4 Å². The number of nitrogens with one attached hydrogen (secondary N) is 1. The number of hydrogen-bond donors (Lipinski definition) is 1. The summed E-state index contributed by atoms with van der Waals surface area (Å²) in [6, 6.07) is 5.07. The first kappa shape index (κ1) is 24.1. The van der Waals surface area contributed by atoms with Crippen LogP contribution in [0.2, 0.25) is 0 Å². The summed E-state index contributed by atoms with van der Waals surface area (Å²) in [5.41, 5.74) is 1.71. The van der Waals surface area contributed by atoms with Crippen LogP contribution in [0.5, 0.6) is 5.75 Å². The fraction of sp³-hybridized carbons (Fsp3) is 0.680. The van der Waals surface area contributed by atoms with Gasteiger partial charge in [0.1, 0.15) is 12.2 Å². The van der Waals surface area contributed by atoms with E-state index in [0.717, 1.165) is 36.8 Å². The average Bonchev–Trinajstić information content (AvgIpc) is 3.21. The Hall–Kier alpha value is -2.00. The summed E-state index contributed by atoms with van der Waals surface area (Å²) in [4.78, 5) is 25.1. The molecule has 1 aromatic carbocycles. The molecule has 0 radical (unpaired) electrons. The third kappa shape index (κ3) is 4.94. The monoisotopic (exact) mass is 461 g/mol. The summed E-state index contributed by atoms with van der Waals surface area (Å²) in [7, 11) is 5.07. The lowest BCUT2D eigenvalue weighted by Crippen LogP contribution is -2.51. The largest absolute Gasteiger partial charge is 0.484 e. The van der Waals surface area contributed by atoms with Gasteiger partial charge in [-0.05, 0) is 48.4 Å². The fourth-order valence-electron chi connectivity index (χ4n) is 5.84. The molecule has 1 aromatic rings. The van der Waals surface area contributed by atoms with Crippen LogP contribution in [-0.2, 0) is 23.7 Å². The second-order valence-electron chi connectivity index (χ2n) is 9.25. The molecule has 3 aliphatic rings. The normalized spacial score (nSPS) is 33.5. The van der Waals surface area contributed by atoms with Crippen LogP contribution < -0.4 is 15.5 Å². The van der Waals surface area contributed by atoms with Crippen molar-refractivity contribution in [1.29, 1.82) is 0 Å². The number of hydrogen-bond acceptors (Lipinski definition) is 7. The topological polar surface area (TPSA) is 92.3 Å². The summed E-state index contributed by atoms with van der Waals surface area (Å²) in [6.07, 6.45) is 2.49. The lowest BCUT2D eigenvalue weighted by atomic mass is 9.70. The van der Waals surface area contributed by atoms with Gasteiger partial charge in [-0.3, -0.25) is 9.59 Å². The molecule has 1 saturated heterocycles. The SMILES string of the molecule is COC1CC2CC[C@H](NC(C)=O)c3cc(OC4CCOC4)c(=O)ccc3C2C(OC)C1OC. The van der Waals surface area contributed by atoms with E-state index in [1.165, 1.54) is 6.92 Å². The summed E-state index contributed by atoms with van der Waals surface area (Å²) in [5.74, 6) is 0.441. The highest BCUT2D eigenvalue weighted by atomic mass is 16.6. The highest BCUT2D eigenvalue weighted by molar-refractivity contribution is 5.73. The van der Waals surface area contributed by atoms with E-state index >= 15 is 0 Å². The molecule has 1 amide bonds. The van der Waals surface area contributed by atoms with E-state index in [2.05, 4.69) is 5.32 Å². The van der Waals surface area contributed by atoms with E-state index < -0.39 is 0 Å². The summed E-state index contributed by atoms with van der Waals surface area (Å²) in [5, 5.41) is 3.10. The number of ether oxygens (including phenoxy) is 5. The zero-order chi connectivity index (χ0) is 23.5. The van der Waals surface area contributed by atoms with Crippen LogP contribution >= 0.6 is 0 Å². The number of carbonyl (C=O) groups is 1. The van der Waals surface area contributed by atoms with Crippen molar-refractivity contribution in [3.63, 3.8) is 0 Å². The summed E-state index contributed by atoms with van der Waals surface area (Å²) < 4.78 is 29.1. The van der Waals surface area contributed by atoms with E-state index in [9.17, 15) is 9.59 Å². The van der Waals surface area contributed by atoms with Gasteiger partial charge in [0, 0.05) is 40.6 Å². The Morgan fingerprint density at radius 3 is 2.45 bits per heavy atom. The van der Waals surface area contributed by atoms with Gasteiger partial charge in [-0.25, -0.2) is 0 Å². The van der Waals surface area contributed by atoms with Crippen LogP contribution in [0.4, 0.5) is 0 Å². The van der Waals surface area contributed by atoms with Crippen molar-refractivity contribution in [3.05, 3.63) is 39.5 Å². The van der Waals surface area contributed by atoms with E-state index in [1.807, 2.05) is 12.1 Å². The van der Waals surface area contributed by atoms with E-state index in [4.69, 9.17) is 23.7 Å². The smallest absolute Gasteiger partial charge is 0.220 e. The van der Waals surface area contributed by atoms with Crippen molar-refractivity contribution in [2.24, 2.45) is 5.92 Å². The molecular weight excluding hydrogens is 426 g/mol. The molecule has 7 atom stereocenters. The second kappa shape index (κ2) is 10.5. The molecule has 1 heterocycles. The van der Waals surface area contributed by atoms with E-state index in [0.29, 0.717) is 19.0 Å². The second-order valence-corrected chi connectivity index (χ2v) is 9.25. The maximum Gasteiger partial charge on any atom is 0.220 e. The van der Waals surface area contributed by atoms with Gasteiger partial charge in [0.15, 0.2) is 5.75 Å². The van der Waals surface area contributed by atoms with Crippen molar-refractivity contribution in [1.82, 2.24) is 5.32 Å². The Balaban J connectivity index is 1.83. The molecule has 8 nitrogen and oxygen atoms in total. The van der Waals surface area contributed by atoms with Crippen LogP contribution in [0.3, 0.4) is 0 Å². The molecule has 8 heteroatoms. The highest BCUT2D eigenvalue weighted by Crippen LogP contribution is 2.48. The number of carbonyl (C=O) groups excluding carboxylic acids is 1. The fourth-order valence-corrected chi connectivity index (χ4v) is 5.84. The standard InChI is InChI=1S/C25H35NO7/c1-14(27)26-19-7-5-15-11-22(29-2)24(30-3)25(31-4)23(15)17-6-8-20(28)21(12-18(17)19)33-16-9-10-32-13-16/h6,8,12,15-16,19,22-25H,5,7,9-11,13H2,1-4H3,(H,26,27)/t15?,16?,19-,22?,23?,24?,25?/m0/s1. The molecule has 0 aromatic heterocycles. The van der Waals surface area contributed by atoms with Crippen molar-refractivity contribution in [2.45, 2.75) is 69.0 Å². The molecule has 6 unspecified atom stereocenters. The van der Waals surface area contributed by atoms with Gasteiger partial charge in [0.05, 0.1) is 31.5 Å². The molecule has 1 aliphatic heterocycles. The maximum absolute atomic E-state index is 13.0. The van der Waals surface area contributed by atoms with Gasteiger partial charge in [0.2, 0.25) is 11.3 Å². The van der Waals surface area contributed by atoms with Gasteiger partial charge in [-0.2, -0.15) is 0 Å². The minimum atomic E-state index is -0.251. The Morgan fingerprint density at radius 2 is 1.82 bits per heavy atom. The quantitative estimate of drug-likeness (QED) is 0.695.